The standard InChI is InChI=1S/C44H73NO9/c1-36(2,3)53-32(47)17-14-26(45-35(49)54-37(4,5)6)34(48)51-30-19-21-43-25-44(43)23-22-40(11)33(42(13)20-18-31(52-42)39(9,10)50)27(46)24-41(40,12)29(44)16-15-28(43)38(30,7)8/h26-31,33,46,50H,14-25H2,1-13H3,(H,45,49)/t26-,27-,28-,29?,30-,31-,33?,40+,41-,42+,43?,44?/m0/s1. The highest BCUT2D eigenvalue weighted by molar-refractivity contribution is 5.82. The van der Waals surface area contributed by atoms with Crippen molar-refractivity contribution in [3.63, 3.8) is 0 Å². The monoisotopic (exact) mass is 760 g/mol. The van der Waals surface area contributed by atoms with Crippen molar-refractivity contribution in [1.82, 2.24) is 5.32 Å². The average Bonchev–Trinajstić information content (AvgIpc) is 3.38. The van der Waals surface area contributed by atoms with E-state index < -0.39 is 52.6 Å². The lowest BCUT2D eigenvalue weighted by molar-refractivity contribution is -0.200. The van der Waals surface area contributed by atoms with Crippen molar-refractivity contribution in [2.75, 3.05) is 0 Å². The van der Waals surface area contributed by atoms with Gasteiger partial charge in [-0.05, 0) is 166 Å². The predicted octanol–water partition coefficient (Wildman–Crippen LogP) is 8.03. The Balaban J connectivity index is 1.18. The Bertz CT molecular complexity index is 1490. The van der Waals surface area contributed by atoms with Crippen LogP contribution < -0.4 is 5.32 Å². The third kappa shape index (κ3) is 6.81. The minimum atomic E-state index is -1.05. The van der Waals surface area contributed by atoms with E-state index in [0.29, 0.717) is 11.8 Å². The molecule has 10 heteroatoms. The molecule has 6 aliphatic rings. The van der Waals surface area contributed by atoms with E-state index in [2.05, 4.69) is 39.9 Å². The van der Waals surface area contributed by atoms with Gasteiger partial charge in [-0.3, -0.25) is 4.79 Å². The van der Waals surface area contributed by atoms with Crippen molar-refractivity contribution in [2.24, 2.45) is 44.8 Å². The molecule has 1 heterocycles. The topological polar surface area (TPSA) is 141 Å². The fraction of sp³-hybridized carbons (Fsp3) is 0.932. The zero-order chi connectivity index (χ0) is 40.3. The molecule has 4 unspecified atom stereocenters. The fourth-order valence-corrected chi connectivity index (χ4v) is 13.8. The van der Waals surface area contributed by atoms with Crippen LogP contribution in [0.5, 0.6) is 0 Å². The van der Waals surface area contributed by atoms with Crippen LogP contribution in [0.15, 0.2) is 0 Å². The van der Waals surface area contributed by atoms with Gasteiger partial charge in [0.2, 0.25) is 0 Å². The van der Waals surface area contributed by atoms with Crippen molar-refractivity contribution >= 4 is 18.0 Å². The van der Waals surface area contributed by atoms with Gasteiger partial charge in [-0.25, -0.2) is 9.59 Å². The summed E-state index contributed by atoms with van der Waals surface area (Å²) >= 11 is 0. The maximum Gasteiger partial charge on any atom is 0.408 e. The second-order valence-corrected chi connectivity index (χ2v) is 22.5. The number of amides is 1. The molecule has 5 aliphatic carbocycles. The van der Waals surface area contributed by atoms with Crippen LogP contribution in [0.25, 0.3) is 0 Å². The molecule has 1 amide bonds. The Hall–Kier alpha value is -1.91. The zero-order valence-electron chi connectivity index (χ0n) is 35.8. The summed E-state index contributed by atoms with van der Waals surface area (Å²) < 4.78 is 24.1. The van der Waals surface area contributed by atoms with Gasteiger partial charge in [0.1, 0.15) is 23.3 Å². The SMILES string of the molecule is CC(C)(C)OC(=O)CC[C@H](NC(=O)OC(C)(C)C)C(=O)O[C@H]1CCC23CC24CC[C@]2(C)C([C@@]5(C)CC[C@@H](C(C)(C)O)O5)[C@@H](O)C[C@@]2(C)C4CC[C@H]3C1(C)C. The largest absolute Gasteiger partial charge is 0.460 e. The molecule has 5 saturated carbocycles. The summed E-state index contributed by atoms with van der Waals surface area (Å²) in [5, 5.41) is 25.5. The van der Waals surface area contributed by atoms with Crippen LogP contribution >= 0.6 is 0 Å². The van der Waals surface area contributed by atoms with Gasteiger partial charge in [0, 0.05) is 17.8 Å². The van der Waals surface area contributed by atoms with Crippen molar-refractivity contribution in [3.8, 4) is 0 Å². The third-order valence-corrected chi connectivity index (χ3v) is 16.1. The molecule has 12 atom stereocenters. The van der Waals surface area contributed by atoms with Gasteiger partial charge in [-0.15, -0.1) is 0 Å². The van der Waals surface area contributed by atoms with Crippen LogP contribution in [0.4, 0.5) is 4.79 Å². The summed E-state index contributed by atoms with van der Waals surface area (Å²) in [5.74, 6) is -0.0936. The van der Waals surface area contributed by atoms with Gasteiger partial charge in [0.15, 0.2) is 0 Å². The summed E-state index contributed by atoms with van der Waals surface area (Å²) in [6.45, 7) is 26.0. The number of nitrogens with one attached hydrogen (secondary N) is 1. The van der Waals surface area contributed by atoms with Gasteiger partial charge in [-0.2, -0.15) is 0 Å². The van der Waals surface area contributed by atoms with Crippen LogP contribution in [0.1, 0.15) is 167 Å². The number of aliphatic hydroxyl groups excluding tert-OH is 1. The molecule has 308 valence electrons. The molecule has 0 bridgehead atoms. The number of hydrogen-bond acceptors (Lipinski definition) is 9. The molecule has 1 saturated heterocycles. The van der Waals surface area contributed by atoms with Gasteiger partial charge < -0.3 is 34.5 Å². The number of rotatable bonds is 8. The Morgan fingerprint density at radius 3 is 2.00 bits per heavy atom. The summed E-state index contributed by atoms with van der Waals surface area (Å²) in [6, 6.07) is -1.05. The predicted molar refractivity (Wildman–Crippen MR) is 205 cm³/mol. The Morgan fingerprint density at radius 1 is 0.796 bits per heavy atom. The Kier molecular flexibility index (Phi) is 10.1. The smallest absolute Gasteiger partial charge is 0.408 e. The lowest BCUT2D eigenvalue weighted by atomic mass is 9.41. The number of aliphatic hydroxyl groups is 2. The van der Waals surface area contributed by atoms with E-state index in [1.54, 1.807) is 41.5 Å². The van der Waals surface area contributed by atoms with E-state index in [1.165, 1.54) is 6.42 Å². The van der Waals surface area contributed by atoms with Crippen LogP contribution in [0.2, 0.25) is 0 Å². The van der Waals surface area contributed by atoms with Crippen molar-refractivity contribution in [3.05, 3.63) is 0 Å². The number of alkyl carbamates (subject to hydrolysis) is 1. The summed E-state index contributed by atoms with van der Waals surface area (Å²) in [4.78, 5) is 39.5. The first kappa shape index (κ1) is 41.7. The average molecular weight is 760 g/mol. The molecule has 0 radical (unpaired) electrons. The molecule has 10 nitrogen and oxygen atoms in total. The lowest BCUT2D eigenvalue weighted by Gasteiger charge is -2.63. The molecule has 2 spiro atoms. The quantitative estimate of drug-likeness (QED) is 0.166. The second-order valence-electron chi connectivity index (χ2n) is 22.5. The summed E-state index contributed by atoms with van der Waals surface area (Å²) in [6.07, 6.45) is 7.96. The van der Waals surface area contributed by atoms with Crippen molar-refractivity contribution in [2.45, 2.75) is 214 Å². The molecule has 1 aliphatic heterocycles. The molecular weight excluding hydrogens is 686 g/mol. The van der Waals surface area contributed by atoms with Crippen LogP contribution in [0.3, 0.4) is 0 Å². The summed E-state index contributed by atoms with van der Waals surface area (Å²) in [5.41, 5.74) is -2.83. The Morgan fingerprint density at radius 2 is 1.41 bits per heavy atom. The first-order valence-electron chi connectivity index (χ1n) is 21.0. The first-order chi connectivity index (χ1) is 24.5. The minimum Gasteiger partial charge on any atom is -0.460 e. The van der Waals surface area contributed by atoms with E-state index in [4.69, 9.17) is 18.9 Å². The van der Waals surface area contributed by atoms with E-state index in [0.717, 1.165) is 57.8 Å². The first-order valence-corrected chi connectivity index (χ1v) is 21.0. The van der Waals surface area contributed by atoms with Crippen LogP contribution in [0, 0.1) is 44.8 Å². The lowest BCUT2D eigenvalue weighted by Crippen LogP contribution is -2.59. The molecule has 0 aromatic rings. The van der Waals surface area contributed by atoms with E-state index in [-0.39, 0.29) is 58.0 Å². The number of fused-ring (bicyclic) bond motifs is 2. The van der Waals surface area contributed by atoms with E-state index in [1.807, 2.05) is 13.8 Å². The number of carbonyl (C=O) groups excluding carboxylic acids is 3. The van der Waals surface area contributed by atoms with Crippen molar-refractivity contribution < 1.29 is 43.5 Å². The molecular formula is C44H73NO9. The maximum absolute atomic E-state index is 14.0. The van der Waals surface area contributed by atoms with Gasteiger partial charge in [0.05, 0.1) is 23.4 Å². The number of ether oxygens (including phenoxy) is 4. The summed E-state index contributed by atoms with van der Waals surface area (Å²) in [7, 11) is 0. The molecule has 3 N–H and O–H groups in total. The van der Waals surface area contributed by atoms with Gasteiger partial charge in [-0.1, -0.05) is 27.7 Å². The molecule has 0 aromatic heterocycles. The molecule has 54 heavy (non-hydrogen) atoms. The normalized spacial score (nSPS) is 43.1. The molecule has 6 rings (SSSR count). The van der Waals surface area contributed by atoms with Crippen LogP contribution in [-0.4, -0.2) is 75.0 Å². The van der Waals surface area contributed by atoms with E-state index in [9.17, 15) is 24.6 Å². The highest BCUT2D eigenvalue weighted by Crippen LogP contribution is 2.89. The fourth-order valence-electron chi connectivity index (χ4n) is 13.8. The highest BCUT2D eigenvalue weighted by Gasteiger charge is 2.83. The Labute approximate surface area is 324 Å². The minimum absolute atomic E-state index is 0.0104. The van der Waals surface area contributed by atoms with Gasteiger partial charge in [0.25, 0.3) is 0 Å². The van der Waals surface area contributed by atoms with Crippen LogP contribution in [-0.2, 0) is 28.5 Å². The maximum atomic E-state index is 14.0. The molecule has 6 fully saturated rings. The number of carbonyl (C=O) groups is 3. The van der Waals surface area contributed by atoms with Gasteiger partial charge >= 0.3 is 18.0 Å². The second kappa shape index (κ2) is 13.1. The molecule has 0 aromatic carbocycles. The number of hydrogen-bond donors (Lipinski definition) is 3. The van der Waals surface area contributed by atoms with Crippen molar-refractivity contribution in [1.29, 1.82) is 0 Å². The van der Waals surface area contributed by atoms with E-state index >= 15 is 0 Å². The highest BCUT2D eigenvalue weighted by atomic mass is 16.6. The number of esters is 2. The third-order valence-electron chi connectivity index (χ3n) is 16.1. The zero-order valence-corrected chi connectivity index (χ0v) is 35.8.